The Morgan fingerprint density at radius 2 is 1.78 bits per heavy atom. The van der Waals surface area contributed by atoms with Crippen LogP contribution in [0.25, 0.3) is 5.69 Å². The van der Waals surface area contributed by atoms with E-state index in [1.807, 2.05) is 11.8 Å². The molecular weight excluding hydrogens is 293 g/mol. The number of likely N-dealkylation sites (tertiary alicyclic amines) is 1. The molecule has 0 bridgehead atoms. The Kier molecular flexibility index (Phi) is 4.74. The number of aromatic nitrogens is 2. The molecule has 4 nitrogen and oxygen atoms in total. The van der Waals surface area contributed by atoms with Gasteiger partial charge in [-0.15, -0.1) is 0 Å². The van der Waals surface area contributed by atoms with Gasteiger partial charge in [0.05, 0.1) is 23.1 Å². The number of carbonyl (C=O) groups is 1. The van der Waals surface area contributed by atoms with Crippen LogP contribution < -0.4 is 0 Å². The Hall–Kier alpha value is -2.17. The van der Waals surface area contributed by atoms with E-state index in [0.717, 1.165) is 37.3 Å². The van der Waals surface area contributed by atoms with Gasteiger partial charge in [-0.2, -0.15) is 5.10 Å². The highest BCUT2D eigenvalue weighted by atomic mass is 19.1. The minimum atomic E-state index is -0.278. The Bertz CT molecular complexity index is 670. The van der Waals surface area contributed by atoms with E-state index in [1.54, 1.807) is 23.0 Å². The Balaban J connectivity index is 1.91. The Morgan fingerprint density at radius 3 is 2.39 bits per heavy atom. The summed E-state index contributed by atoms with van der Waals surface area (Å²) in [6, 6.07) is 6.18. The molecule has 1 aromatic carbocycles. The van der Waals surface area contributed by atoms with Gasteiger partial charge >= 0.3 is 0 Å². The molecule has 2 heterocycles. The fraction of sp³-hybridized carbons (Fsp3) is 0.444. The maximum atomic E-state index is 13.1. The molecule has 0 aliphatic carbocycles. The second-order valence-corrected chi connectivity index (χ2v) is 5.95. The van der Waals surface area contributed by atoms with E-state index in [1.165, 1.54) is 25.0 Å². The zero-order valence-corrected chi connectivity index (χ0v) is 13.5. The van der Waals surface area contributed by atoms with E-state index in [9.17, 15) is 9.18 Å². The first-order chi connectivity index (χ1) is 11.2. The lowest BCUT2D eigenvalue weighted by Crippen LogP contribution is -2.32. The van der Waals surface area contributed by atoms with Crippen molar-refractivity contribution in [2.75, 3.05) is 13.1 Å². The minimum Gasteiger partial charge on any atom is -0.339 e. The predicted molar refractivity (Wildman–Crippen MR) is 87.3 cm³/mol. The smallest absolute Gasteiger partial charge is 0.257 e. The minimum absolute atomic E-state index is 0.0668. The SMILES string of the molecule is CCc1c(C(=O)N2CCCCCC2)cnn1-c1ccc(F)cc1. The van der Waals surface area contributed by atoms with Crippen LogP contribution in [0.5, 0.6) is 0 Å². The number of carbonyl (C=O) groups excluding carboxylic acids is 1. The molecule has 23 heavy (non-hydrogen) atoms. The number of halogens is 1. The molecule has 1 aliphatic rings. The van der Waals surface area contributed by atoms with Crippen LogP contribution in [0.4, 0.5) is 4.39 Å². The molecule has 0 saturated carbocycles. The van der Waals surface area contributed by atoms with Crippen molar-refractivity contribution < 1.29 is 9.18 Å². The summed E-state index contributed by atoms with van der Waals surface area (Å²) >= 11 is 0. The molecule has 5 heteroatoms. The van der Waals surface area contributed by atoms with Gasteiger partial charge in [0.15, 0.2) is 0 Å². The van der Waals surface area contributed by atoms with Crippen LogP contribution in [0, 0.1) is 5.82 Å². The maximum Gasteiger partial charge on any atom is 0.257 e. The van der Waals surface area contributed by atoms with Crippen molar-refractivity contribution in [1.29, 1.82) is 0 Å². The first-order valence-electron chi connectivity index (χ1n) is 8.33. The number of hydrogen-bond donors (Lipinski definition) is 0. The van der Waals surface area contributed by atoms with Crippen molar-refractivity contribution in [2.45, 2.75) is 39.0 Å². The standard InChI is InChI=1S/C18H22FN3O/c1-2-17-16(18(23)21-11-5-3-4-6-12-21)13-20-22(17)15-9-7-14(19)8-10-15/h7-10,13H,2-6,11-12H2,1H3. The van der Waals surface area contributed by atoms with E-state index in [2.05, 4.69) is 5.10 Å². The topological polar surface area (TPSA) is 38.1 Å². The highest BCUT2D eigenvalue weighted by Crippen LogP contribution is 2.20. The van der Waals surface area contributed by atoms with Crippen LogP contribution in [0.1, 0.15) is 48.7 Å². The molecule has 1 amide bonds. The van der Waals surface area contributed by atoms with Gasteiger partial charge in [-0.3, -0.25) is 4.79 Å². The average Bonchev–Trinajstić information content (AvgIpc) is 2.80. The van der Waals surface area contributed by atoms with Crippen molar-refractivity contribution in [3.8, 4) is 5.69 Å². The fourth-order valence-corrected chi connectivity index (χ4v) is 3.14. The summed E-state index contributed by atoms with van der Waals surface area (Å²) in [6.45, 7) is 3.66. The molecule has 3 rings (SSSR count). The van der Waals surface area contributed by atoms with Gasteiger partial charge in [0.1, 0.15) is 5.82 Å². The molecule has 0 radical (unpaired) electrons. The van der Waals surface area contributed by atoms with Crippen LogP contribution in [0.3, 0.4) is 0 Å². The van der Waals surface area contributed by atoms with Crippen LogP contribution in [0.2, 0.25) is 0 Å². The van der Waals surface area contributed by atoms with Gasteiger partial charge in [0, 0.05) is 13.1 Å². The van der Waals surface area contributed by atoms with Crippen LogP contribution in [0.15, 0.2) is 30.5 Å². The molecule has 0 spiro atoms. The number of hydrogen-bond acceptors (Lipinski definition) is 2. The number of nitrogens with zero attached hydrogens (tertiary/aromatic N) is 3. The normalized spacial score (nSPS) is 15.5. The third-order valence-electron chi connectivity index (χ3n) is 4.40. The fourth-order valence-electron chi connectivity index (χ4n) is 3.14. The molecule has 0 atom stereocenters. The summed E-state index contributed by atoms with van der Waals surface area (Å²) in [5.41, 5.74) is 2.32. The van der Waals surface area contributed by atoms with Crippen LogP contribution >= 0.6 is 0 Å². The van der Waals surface area contributed by atoms with Gasteiger partial charge in [0.2, 0.25) is 0 Å². The maximum absolute atomic E-state index is 13.1. The van der Waals surface area contributed by atoms with Crippen LogP contribution in [-0.2, 0) is 6.42 Å². The third kappa shape index (κ3) is 3.28. The van der Waals surface area contributed by atoms with Crippen molar-refractivity contribution in [2.24, 2.45) is 0 Å². The molecule has 2 aromatic rings. The highest BCUT2D eigenvalue weighted by molar-refractivity contribution is 5.95. The summed E-state index contributed by atoms with van der Waals surface area (Å²) in [6.07, 6.45) is 6.87. The molecule has 1 fully saturated rings. The predicted octanol–water partition coefficient (Wildman–Crippen LogP) is 3.59. The molecule has 1 aliphatic heterocycles. The quantitative estimate of drug-likeness (QED) is 0.868. The van der Waals surface area contributed by atoms with E-state index in [0.29, 0.717) is 12.0 Å². The molecule has 1 saturated heterocycles. The first kappa shape index (κ1) is 15.7. The molecule has 1 aromatic heterocycles. The lowest BCUT2D eigenvalue weighted by Gasteiger charge is -2.20. The number of benzene rings is 1. The monoisotopic (exact) mass is 315 g/mol. The van der Waals surface area contributed by atoms with E-state index >= 15 is 0 Å². The summed E-state index contributed by atoms with van der Waals surface area (Å²) in [5, 5.41) is 4.37. The summed E-state index contributed by atoms with van der Waals surface area (Å²) in [4.78, 5) is 14.8. The Morgan fingerprint density at radius 1 is 1.13 bits per heavy atom. The molecule has 0 N–H and O–H groups in total. The van der Waals surface area contributed by atoms with Crippen molar-refractivity contribution >= 4 is 5.91 Å². The van der Waals surface area contributed by atoms with Crippen LogP contribution in [-0.4, -0.2) is 33.7 Å². The highest BCUT2D eigenvalue weighted by Gasteiger charge is 2.23. The Labute approximate surface area is 135 Å². The van der Waals surface area contributed by atoms with Crippen molar-refractivity contribution in [1.82, 2.24) is 14.7 Å². The van der Waals surface area contributed by atoms with Gasteiger partial charge < -0.3 is 4.90 Å². The zero-order valence-electron chi connectivity index (χ0n) is 13.5. The van der Waals surface area contributed by atoms with E-state index in [4.69, 9.17) is 0 Å². The van der Waals surface area contributed by atoms with Crippen molar-refractivity contribution in [3.63, 3.8) is 0 Å². The largest absolute Gasteiger partial charge is 0.339 e. The van der Waals surface area contributed by atoms with E-state index < -0.39 is 0 Å². The lowest BCUT2D eigenvalue weighted by molar-refractivity contribution is 0.0760. The first-order valence-corrected chi connectivity index (χ1v) is 8.33. The van der Waals surface area contributed by atoms with Gasteiger partial charge in [-0.25, -0.2) is 9.07 Å². The summed E-state index contributed by atoms with van der Waals surface area (Å²) < 4.78 is 14.8. The average molecular weight is 315 g/mol. The lowest BCUT2D eigenvalue weighted by atomic mass is 10.1. The second kappa shape index (κ2) is 6.94. The number of amides is 1. The molecule has 0 unspecified atom stereocenters. The summed E-state index contributed by atoms with van der Waals surface area (Å²) in [5.74, 6) is -0.211. The number of rotatable bonds is 3. The third-order valence-corrected chi connectivity index (χ3v) is 4.40. The zero-order chi connectivity index (χ0) is 16.2. The van der Waals surface area contributed by atoms with Crippen molar-refractivity contribution in [3.05, 3.63) is 47.5 Å². The second-order valence-electron chi connectivity index (χ2n) is 5.95. The molecule has 122 valence electrons. The van der Waals surface area contributed by atoms with Gasteiger partial charge in [-0.1, -0.05) is 19.8 Å². The summed E-state index contributed by atoms with van der Waals surface area (Å²) in [7, 11) is 0. The van der Waals surface area contributed by atoms with Gasteiger partial charge in [-0.05, 0) is 43.5 Å². The van der Waals surface area contributed by atoms with Gasteiger partial charge in [0.25, 0.3) is 5.91 Å². The molecular formula is C18H22FN3O. The van der Waals surface area contributed by atoms with E-state index in [-0.39, 0.29) is 11.7 Å².